The fourth-order valence-corrected chi connectivity index (χ4v) is 6.28. The predicted molar refractivity (Wildman–Crippen MR) is 133 cm³/mol. The Labute approximate surface area is 202 Å². The summed E-state index contributed by atoms with van der Waals surface area (Å²) >= 11 is 1.66. The van der Waals surface area contributed by atoms with E-state index in [-0.39, 0.29) is 17.3 Å². The third-order valence-corrected chi connectivity index (χ3v) is 8.60. The lowest BCUT2D eigenvalue weighted by Gasteiger charge is -2.41. The van der Waals surface area contributed by atoms with Crippen molar-refractivity contribution in [3.8, 4) is 11.1 Å². The number of aryl methyl sites for hydroxylation is 1. The number of fused-ring (bicyclic) bond motifs is 1. The molecule has 2 aromatic carbocycles. The summed E-state index contributed by atoms with van der Waals surface area (Å²) in [6.45, 7) is 5.38. The normalized spacial score (nSPS) is 21.3. The molecule has 7 heteroatoms. The molecule has 0 atom stereocenters. The molecule has 1 amide bonds. The first-order valence-corrected chi connectivity index (χ1v) is 13.1. The van der Waals surface area contributed by atoms with E-state index in [0.29, 0.717) is 17.4 Å². The first kappa shape index (κ1) is 20.6. The van der Waals surface area contributed by atoms with Crippen molar-refractivity contribution < 1.29 is 9.18 Å². The standard InChI is InChI=1S/C27H27FN4OS/c1-16-29-23-7-5-20(11-24(23)34-16)19-4-6-21(22(28)10-19)25-30-27(8-9-27)15-32(25)14-17-12-31(13-17)26(33)18-2-3-18/h4-7,10-11,17-18H,2-3,8-9,12-15H2,1H3. The lowest BCUT2D eigenvalue weighted by atomic mass is 9.97. The second-order valence-corrected chi connectivity index (χ2v) is 11.8. The van der Waals surface area contributed by atoms with Gasteiger partial charge in [-0.05, 0) is 68.0 Å². The molecule has 1 saturated heterocycles. The van der Waals surface area contributed by atoms with Gasteiger partial charge in [-0.15, -0.1) is 11.3 Å². The van der Waals surface area contributed by atoms with Crippen LogP contribution in [-0.2, 0) is 4.79 Å². The Kier molecular flexibility index (Phi) is 4.44. The van der Waals surface area contributed by atoms with Crippen LogP contribution in [0.4, 0.5) is 4.39 Å². The van der Waals surface area contributed by atoms with E-state index in [1.807, 2.05) is 36.1 Å². The van der Waals surface area contributed by atoms with E-state index in [1.54, 1.807) is 17.4 Å². The van der Waals surface area contributed by atoms with Gasteiger partial charge < -0.3 is 9.80 Å². The smallest absolute Gasteiger partial charge is 0.225 e. The summed E-state index contributed by atoms with van der Waals surface area (Å²) in [5, 5.41) is 1.04. The SMILES string of the molecule is Cc1nc2ccc(-c3ccc(C4=NC5(CC5)CN4CC4CN(C(=O)C5CC5)C4)c(F)c3)cc2s1. The van der Waals surface area contributed by atoms with Gasteiger partial charge in [0.25, 0.3) is 0 Å². The van der Waals surface area contributed by atoms with Crippen LogP contribution in [0.15, 0.2) is 41.4 Å². The maximum Gasteiger partial charge on any atom is 0.225 e. The maximum absolute atomic E-state index is 15.5. The molecular weight excluding hydrogens is 447 g/mol. The summed E-state index contributed by atoms with van der Waals surface area (Å²) in [7, 11) is 0. The Hall–Kier alpha value is -2.80. The number of carbonyl (C=O) groups excluding carboxylic acids is 1. The Balaban J connectivity index is 1.12. The summed E-state index contributed by atoms with van der Waals surface area (Å²) in [6, 6.07) is 11.7. The zero-order valence-electron chi connectivity index (χ0n) is 19.3. The number of thiazole rings is 1. The van der Waals surface area contributed by atoms with Crippen LogP contribution in [0.2, 0.25) is 0 Å². The maximum atomic E-state index is 15.5. The Morgan fingerprint density at radius 3 is 2.65 bits per heavy atom. The van der Waals surface area contributed by atoms with Gasteiger partial charge in [0.2, 0.25) is 5.91 Å². The minimum absolute atomic E-state index is 0.0111. The van der Waals surface area contributed by atoms with Crippen LogP contribution in [-0.4, -0.2) is 58.2 Å². The molecule has 7 rings (SSSR count). The summed E-state index contributed by atoms with van der Waals surface area (Å²) in [5.74, 6) is 1.63. The van der Waals surface area contributed by atoms with Crippen LogP contribution < -0.4 is 0 Å². The van der Waals surface area contributed by atoms with Crippen LogP contribution in [0, 0.1) is 24.6 Å². The zero-order chi connectivity index (χ0) is 23.0. The number of hydrogen-bond donors (Lipinski definition) is 0. The number of nitrogens with zero attached hydrogens (tertiary/aromatic N) is 4. The van der Waals surface area contributed by atoms with Crippen molar-refractivity contribution in [2.45, 2.75) is 38.1 Å². The van der Waals surface area contributed by atoms with Crippen molar-refractivity contribution >= 4 is 33.3 Å². The molecular formula is C27H27FN4OS. The first-order valence-electron chi connectivity index (χ1n) is 12.3. The number of benzene rings is 2. The quantitative estimate of drug-likeness (QED) is 0.530. The molecule has 4 aliphatic rings. The minimum Gasteiger partial charge on any atom is -0.353 e. The number of halogens is 1. The van der Waals surface area contributed by atoms with Crippen LogP contribution >= 0.6 is 11.3 Å². The van der Waals surface area contributed by atoms with E-state index in [1.165, 1.54) is 0 Å². The second kappa shape index (κ2) is 7.35. The number of hydrogen-bond acceptors (Lipinski definition) is 5. The molecule has 0 unspecified atom stereocenters. The lowest BCUT2D eigenvalue weighted by Crippen LogP contribution is -2.54. The van der Waals surface area contributed by atoms with Crippen molar-refractivity contribution in [1.82, 2.24) is 14.8 Å². The second-order valence-electron chi connectivity index (χ2n) is 10.5. The molecule has 2 saturated carbocycles. The van der Waals surface area contributed by atoms with E-state index in [0.717, 1.165) is 84.0 Å². The van der Waals surface area contributed by atoms with Crippen LogP contribution in [0.25, 0.3) is 21.3 Å². The number of likely N-dealkylation sites (tertiary alicyclic amines) is 1. The third kappa shape index (κ3) is 3.52. The molecule has 0 bridgehead atoms. The predicted octanol–water partition coefficient (Wildman–Crippen LogP) is 4.87. The van der Waals surface area contributed by atoms with Gasteiger partial charge in [-0.25, -0.2) is 9.37 Å². The summed E-state index contributed by atoms with van der Waals surface area (Å²) in [4.78, 5) is 26.1. The molecule has 3 heterocycles. The van der Waals surface area contributed by atoms with Crippen molar-refractivity contribution in [3.05, 3.63) is 52.8 Å². The largest absolute Gasteiger partial charge is 0.353 e. The van der Waals surface area contributed by atoms with Crippen molar-refractivity contribution in [2.24, 2.45) is 16.8 Å². The van der Waals surface area contributed by atoms with E-state index in [2.05, 4.69) is 16.0 Å². The number of aromatic nitrogens is 1. The molecule has 3 aromatic rings. The fourth-order valence-electron chi connectivity index (χ4n) is 5.42. The molecule has 0 N–H and O–H groups in total. The molecule has 1 spiro atoms. The molecule has 174 valence electrons. The van der Waals surface area contributed by atoms with Gasteiger partial charge in [0.1, 0.15) is 11.7 Å². The van der Waals surface area contributed by atoms with Crippen LogP contribution in [0.1, 0.15) is 36.3 Å². The highest BCUT2D eigenvalue weighted by atomic mass is 32.1. The summed E-state index contributed by atoms with van der Waals surface area (Å²) < 4.78 is 16.6. The minimum atomic E-state index is -0.223. The van der Waals surface area contributed by atoms with Crippen LogP contribution in [0.3, 0.4) is 0 Å². The van der Waals surface area contributed by atoms with E-state index >= 15 is 4.39 Å². The lowest BCUT2D eigenvalue weighted by molar-refractivity contribution is -0.139. The average Bonchev–Trinajstić information content (AvgIpc) is 3.69. The molecule has 5 nitrogen and oxygen atoms in total. The number of rotatable bonds is 5. The monoisotopic (exact) mass is 474 g/mol. The highest BCUT2D eigenvalue weighted by molar-refractivity contribution is 7.18. The number of amides is 1. The molecule has 1 aromatic heterocycles. The molecule has 0 radical (unpaired) electrons. The average molecular weight is 475 g/mol. The van der Waals surface area contributed by atoms with E-state index in [9.17, 15) is 4.79 Å². The highest BCUT2D eigenvalue weighted by Crippen LogP contribution is 2.45. The fraction of sp³-hybridized carbons (Fsp3) is 0.444. The van der Waals surface area contributed by atoms with Crippen molar-refractivity contribution in [2.75, 3.05) is 26.2 Å². The van der Waals surface area contributed by atoms with Gasteiger partial charge in [0, 0.05) is 38.0 Å². The van der Waals surface area contributed by atoms with Gasteiger partial charge >= 0.3 is 0 Å². The molecule has 2 aliphatic carbocycles. The van der Waals surface area contributed by atoms with Gasteiger partial charge in [-0.2, -0.15) is 0 Å². The Morgan fingerprint density at radius 2 is 1.91 bits per heavy atom. The number of aliphatic imine (C=N–C) groups is 1. The van der Waals surface area contributed by atoms with Gasteiger partial charge in [-0.1, -0.05) is 12.1 Å². The summed E-state index contributed by atoms with van der Waals surface area (Å²) in [5.41, 5.74) is 3.44. The zero-order valence-corrected chi connectivity index (χ0v) is 20.1. The highest BCUT2D eigenvalue weighted by Gasteiger charge is 2.50. The van der Waals surface area contributed by atoms with Crippen LogP contribution in [0.5, 0.6) is 0 Å². The number of amidine groups is 1. The third-order valence-electron chi connectivity index (χ3n) is 7.67. The van der Waals surface area contributed by atoms with E-state index in [4.69, 9.17) is 4.99 Å². The first-order chi connectivity index (χ1) is 16.5. The Bertz CT molecular complexity index is 1350. The Morgan fingerprint density at radius 1 is 1.15 bits per heavy atom. The number of carbonyl (C=O) groups is 1. The van der Waals surface area contributed by atoms with Crippen molar-refractivity contribution in [3.63, 3.8) is 0 Å². The summed E-state index contributed by atoms with van der Waals surface area (Å²) in [6.07, 6.45) is 4.27. The van der Waals surface area contributed by atoms with Gasteiger partial charge in [-0.3, -0.25) is 9.79 Å². The van der Waals surface area contributed by atoms with E-state index < -0.39 is 0 Å². The molecule has 3 fully saturated rings. The topological polar surface area (TPSA) is 48.8 Å². The van der Waals surface area contributed by atoms with Crippen molar-refractivity contribution in [1.29, 1.82) is 0 Å². The molecule has 34 heavy (non-hydrogen) atoms. The van der Waals surface area contributed by atoms with Gasteiger partial charge in [0.15, 0.2) is 0 Å². The van der Waals surface area contributed by atoms with Gasteiger partial charge in [0.05, 0.1) is 26.3 Å². The molecule has 2 aliphatic heterocycles.